The first kappa shape index (κ1) is 23.8. The number of hydrogen-bond donors (Lipinski definition) is 6. The highest BCUT2D eigenvalue weighted by atomic mass is 16.6. The molecule has 0 radical (unpaired) electrons. The molecule has 1 amide bonds. The summed E-state index contributed by atoms with van der Waals surface area (Å²) in [5.41, 5.74) is 0. The fourth-order valence-electron chi connectivity index (χ4n) is 3.03. The number of carbonyl (C=O) groups is 2. The molecule has 0 aromatic carbocycles. The fraction of sp³-hybridized carbons (Fsp3) is 0.889. The molecule has 0 saturated carbocycles. The summed E-state index contributed by atoms with van der Waals surface area (Å²) in [6, 6.07) is 0. The Morgan fingerprint density at radius 1 is 0.741 bits per heavy atom. The second kappa shape index (κ2) is 13.0. The summed E-state index contributed by atoms with van der Waals surface area (Å²) in [6.07, 6.45) is 1.01. The minimum atomic E-state index is -1.72. The molecule has 5 unspecified atom stereocenters. The molecule has 1 aliphatic heterocycles. The molecule has 1 aliphatic rings. The zero-order valence-electron chi connectivity index (χ0n) is 15.6. The number of aliphatic carboxylic acids is 1. The lowest BCUT2D eigenvalue weighted by Gasteiger charge is -2.37. The lowest BCUT2D eigenvalue weighted by atomic mass is 9.98. The van der Waals surface area contributed by atoms with Crippen LogP contribution in [0.15, 0.2) is 0 Å². The summed E-state index contributed by atoms with van der Waals surface area (Å²) >= 11 is 0. The number of unbranched alkanes of at least 4 members (excludes halogenated alkanes) is 8. The van der Waals surface area contributed by atoms with Crippen LogP contribution in [0.5, 0.6) is 0 Å². The molecule has 0 bridgehead atoms. The Morgan fingerprint density at radius 2 is 1.26 bits per heavy atom. The van der Waals surface area contributed by atoms with Crippen molar-refractivity contribution in [1.82, 2.24) is 5.32 Å². The van der Waals surface area contributed by atoms with Crippen molar-refractivity contribution in [2.45, 2.75) is 94.9 Å². The predicted molar refractivity (Wildman–Crippen MR) is 95.7 cm³/mol. The Morgan fingerprint density at radius 3 is 1.81 bits per heavy atom. The minimum Gasteiger partial charge on any atom is -0.481 e. The van der Waals surface area contributed by atoms with Crippen molar-refractivity contribution in [3.63, 3.8) is 0 Å². The summed E-state index contributed by atoms with van der Waals surface area (Å²) in [5.74, 6) is -1.37. The van der Waals surface area contributed by atoms with Crippen LogP contribution in [0, 0.1) is 0 Å². The maximum atomic E-state index is 12.0. The van der Waals surface area contributed by atoms with E-state index < -0.39 is 42.6 Å². The van der Waals surface area contributed by atoms with Crippen molar-refractivity contribution in [2.75, 3.05) is 6.54 Å². The second-order valence-corrected chi connectivity index (χ2v) is 7.04. The first-order chi connectivity index (χ1) is 12.8. The highest BCUT2D eigenvalue weighted by molar-refractivity contribution is 5.81. The topological polar surface area (TPSA) is 157 Å². The van der Waals surface area contributed by atoms with Crippen LogP contribution in [0.3, 0.4) is 0 Å². The molecular weight excluding hydrogens is 358 g/mol. The molecule has 27 heavy (non-hydrogen) atoms. The lowest BCUT2D eigenvalue weighted by molar-refractivity contribution is -0.275. The average Bonchev–Trinajstić information content (AvgIpc) is 2.63. The van der Waals surface area contributed by atoms with E-state index in [2.05, 4.69) is 5.32 Å². The van der Waals surface area contributed by atoms with Gasteiger partial charge in [0.05, 0.1) is 0 Å². The van der Waals surface area contributed by atoms with Crippen molar-refractivity contribution in [1.29, 1.82) is 0 Å². The van der Waals surface area contributed by atoms with Crippen LogP contribution in [0.2, 0.25) is 0 Å². The Kier molecular flexibility index (Phi) is 11.5. The van der Waals surface area contributed by atoms with Crippen LogP contribution in [0.1, 0.15) is 64.2 Å². The molecule has 9 heteroatoms. The van der Waals surface area contributed by atoms with Crippen molar-refractivity contribution >= 4 is 11.9 Å². The van der Waals surface area contributed by atoms with E-state index in [0.29, 0.717) is 6.54 Å². The van der Waals surface area contributed by atoms with Crippen LogP contribution in [0.4, 0.5) is 0 Å². The Bertz CT molecular complexity index is 447. The van der Waals surface area contributed by atoms with Crippen LogP contribution in [0.25, 0.3) is 0 Å². The number of carbonyl (C=O) groups excluding carboxylic acids is 1. The molecule has 0 spiro atoms. The van der Waals surface area contributed by atoms with E-state index in [1.54, 1.807) is 0 Å². The van der Waals surface area contributed by atoms with Gasteiger partial charge in [-0.3, -0.25) is 9.59 Å². The average molecular weight is 391 g/mol. The van der Waals surface area contributed by atoms with Gasteiger partial charge in [0, 0.05) is 13.0 Å². The third kappa shape index (κ3) is 8.98. The number of aliphatic hydroxyl groups excluding tert-OH is 4. The maximum Gasteiger partial charge on any atom is 0.303 e. The number of carboxylic acids is 1. The highest BCUT2D eigenvalue weighted by Crippen LogP contribution is 2.20. The molecule has 1 fully saturated rings. The van der Waals surface area contributed by atoms with E-state index in [4.69, 9.17) is 9.84 Å². The lowest BCUT2D eigenvalue weighted by Crippen LogP contribution is -2.61. The molecule has 5 atom stereocenters. The molecule has 0 aliphatic carbocycles. The molecule has 1 saturated heterocycles. The van der Waals surface area contributed by atoms with Crippen molar-refractivity contribution < 1.29 is 39.9 Å². The molecule has 1 rings (SSSR count). The van der Waals surface area contributed by atoms with Crippen LogP contribution < -0.4 is 5.32 Å². The predicted octanol–water partition coefficient (Wildman–Crippen LogP) is -0.112. The SMILES string of the molecule is O=C(O)CCCCCCCCCCCNC(=O)C1OC(O)C(O)C(O)C1O. The van der Waals surface area contributed by atoms with Crippen LogP contribution in [-0.4, -0.2) is 74.7 Å². The Labute approximate surface area is 159 Å². The summed E-state index contributed by atoms with van der Waals surface area (Å²) in [5, 5.41) is 49.3. The minimum absolute atomic E-state index is 0.243. The van der Waals surface area contributed by atoms with Gasteiger partial charge in [0.15, 0.2) is 12.4 Å². The van der Waals surface area contributed by atoms with Gasteiger partial charge >= 0.3 is 5.97 Å². The summed E-state index contributed by atoms with van der Waals surface area (Å²) in [4.78, 5) is 22.3. The van der Waals surface area contributed by atoms with E-state index in [0.717, 1.165) is 57.8 Å². The van der Waals surface area contributed by atoms with E-state index in [-0.39, 0.29) is 6.42 Å². The summed E-state index contributed by atoms with van der Waals surface area (Å²) < 4.78 is 4.86. The van der Waals surface area contributed by atoms with Crippen molar-refractivity contribution in [3.8, 4) is 0 Å². The molecule has 6 N–H and O–H groups in total. The normalized spacial score (nSPS) is 28.1. The van der Waals surface area contributed by atoms with Gasteiger partial charge in [0.2, 0.25) is 0 Å². The fourth-order valence-corrected chi connectivity index (χ4v) is 3.03. The number of nitrogens with one attached hydrogen (secondary N) is 1. The van der Waals surface area contributed by atoms with Gasteiger partial charge in [-0.05, 0) is 12.8 Å². The first-order valence-electron chi connectivity index (χ1n) is 9.72. The van der Waals surface area contributed by atoms with Gasteiger partial charge in [-0.2, -0.15) is 0 Å². The number of aliphatic hydroxyl groups is 4. The first-order valence-corrected chi connectivity index (χ1v) is 9.72. The largest absolute Gasteiger partial charge is 0.481 e. The van der Waals surface area contributed by atoms with Crippen LogP contribution in [-0.2, 0) is 14.3 Å². The van der Waals surface area contributed by atoms with Gasteiger partial charge in [-0.15, -0.1) is 0 Å². The van der Waals surface area contributed by atoms with Gasteiger partial charge in [0.25, 0.3) is 5.91 Å². The molecular formula is C18H33NO8. The van der Waals surface area contributed by atoms with E-state index in [1.807, 2.05) is 0 Å². The maximum absolute atomic E-state index is 12.0. The summed E-state index contributed by atoms with van der Waals surface area (Å²) in [7, 11) is 0. The quantitative estimate of drug-likeness (QED) is 0.237. The van der Waals surface area contributed by atoms with Gasteiger partial charge in [0.1, 0.15) is 18.3 Å². The van der Waals surface area contributed by atoms with Gasteiger partial charge in [-0.25, -0.2) is 0 Å². The van der Waals surface area contributed by atoms with E-state index in [1.165, 1.54) is 0 Å². The van der Waals surface area contributed by atoms with E-state index >= 15 is 0 Å². The van der Waals surface area contributed by atoms with Crippen LogP contribution >= 0.6 is 0 Å². The highest BCUT2D eigenvalue weighted by Gasteiger charge is 2.45. The smallest absolute Gasteiger partial charge is 0.303 e. The van der Waals surface area contributed by atoms with Gasteiger partial charge < -0.3 is 35.6 Å². The number of ether oxygens (including phenoxy) is 1. The van der Waals surface area contributed by atoms with Gasteiger partial charge in [-0.1, -0.05) is 44.9 Å². The Balaban J connectivity index is 2.00. The molecule has 0 aromatic heterocycles. The third-order valence-corrected chi connectivity index (χ3v) is 4.71. The van der Waals surface area contributed by atoms with E-state index in [9.17, 15) is 30.0 Å². The number of rotatable bonds is 13. The molecule has 0 aromatic rings. The standard InChI is InChI=1S/C18H33NO8/c20-12(21)10-8-6-4-2-1-3-5-7-9-11-19-17(25)16-14(23)13(22)15(24)18(26)27-16/h13-16,18,22-24,26H,1-11H2,(H,19,25)(H,20,21). The summed E-state index contributed by atoms with van der Waals surface area (Å²) in [6.45, 7) is 0.398. The Hall–Kier alpha value is -1.26. The van der Waals surface area contributed by atoms with Crippen molar-refractivity contribution in [3.05, 3.63) is 0 Å². The zero-order valence-corrected chi connectivity index (χ0v) is 15.6. The molecule has 9 nitrogen and oxygen atoms in total. The number of amides is 1. The molecule has 158 valence electrons. The van der Waals surface area contributed by atoms with Crippen molar-refractivity contribution in [2.24, 2.45) is 0 Å². The zero-order chi connectivity index (χ0) is 20.2. The number of hydrogen-bond acceptors (Lipinski definition) is 7. The second-order valence-electron chi connectivity index (χ2n) is 7.04. The molecule has 1 heterocycles. The number of carboxylic acid groups (broad SMARTS) is 1. The third-order valence-electron chi connectivity index (χ3n) is 4.71. The monoisotopic (exact) mass is 391 g/mol.